The number of unbranched alkanes of at least 4 members (excludes halogenated alkanes) is 1. The van der Waals surface area contributed by atoms with E-state index in [4.69, 9.17) is 0 Å². The zero-order valence-corrected chi connectivity index (χ0v) is 12.2. The van der Waals surface area contributed by atoms with Gasteiger partial charge in [-0.2, -0.15) is 5.10 Å². The van der Waals surface area contributed by atoms with Gasteiger partial charge in [0.25, 0.3) is 0 Å². The monoisotopic (exact) mass is 259 g/mol. The summed E-state index contributed by atoms with van der Waals surface area (Å²) in [6.45, 7) is 4.72. The Labute approximate surface area is 110 Å². The summed E-state index contributed by atoms with van der Waals surface area (Å²) >= 11 is 0. The van der Waals surface area contributed by atoms with Crippen molar-refractivity contribution in [2.75, 3.05) is 0 Å². The van der Waals surface area contributed by atoms with Crippen molar-refractivity contribution < 1.29 is 0 Å². The van der Waals surface area contributed by atoms with Crippen LogP contribution in [0.1, 0.15) is 19.8 Å². The summed E-state index contributed by atoms with van der Waals surface area (Å²) in [6, 6.07) is 12.3. The molecule has 0 amide bonds. The highest BCUT2D eigenvalue weighted by Crippen LogP contribution is 2.16. The van der Waals surface area contributed by atoms with E-state index in [1.807, 2.05) is 11.0 Å². The van der Waals surface area contributed by atoms with E-state index in [9.17, 15) is 0 Å². The number of aromatic nitrogens is 3. The Kier molecular flexibility index (Phi) is 4.31. The molecule has 1 unspecified atom stereocenters. The van der Waals surface area contributed by atoms with Gasteiger partial charge in [-0.1, -0.05) is 67.9 Å². The quantitative estimate of drug-likeness (QED) is 0.747. The molecule has 96 valence electrons. The molecule has 4 heteroatoms. The molecule has 2 aromatic rings. The molecular weight excluding hydrogens is 238 g/mol. The van der Waals surface area contributed by atoms with Gasteiger partial charge >= 0.3 is 0 Å². The maximum atomic E-state index is 4.28. The lowest BCUT2D eigenvalue weighted by Crippen LogP contribution is -2.48. The third kappa shape index (κ3) is 3.07. The standard InChI is InChI=1S/C14H21N3Si/c1-3-4-10-18(2,13-17-12-15-11-16-17)14-8-6-5-7-9-14/h5-9,11-12H,3-4,10,13H2,1-2H3. The predicted molar refractivity (Wildman–Crippen MR) is 77.4 cm³/mol. The van der Waals surface area contributed by atoms with E-state index in [0.717, 1.165) is 6.17 Å². The zero-order chi connectivity index (χ0) is 12.8. The van der Waals surface area contributed by atoms with Gasteiger partial charge in [0.15, 0.2) is 0 Å². The largest absolute Gasteiger partial charge is 0.256 e. The lowest BCUT2D eigenvalue weighted by atomic mass is 10.4. The van der Waals surface area contributed by atoms with Gasteiger partial charge in [-0.05, 0) is 0 Å². The van der Waals surface area contributed by atoms with E-state index in [1.165, 1.54) is 24.1 Å². The number of hydrogen-bond donors (Lipinski definition) is 0. The minimum atomic E-state index is -1.49. The van der Waals surface area contributed by atoms with Crippen molar-refractivity contribution in [1.82, 2.24) is 14.8 Å². The first kappa shape index (κ1) is 13.0. The van der Waals surface area contributed by atoms with Crippen LogP contribution in [0.15, 0.2) is 43.0 Å². The Bertz CT molecular complexity index is 455. The van der Waals surface area contributed by atoms with Gasteiger partial charge < -0.3 is 0 Å². The Morgan fingerprint density at radius 2 is 2.00 bits per heavy atom. The van der Waals surface area contributed by atoms with Crippen LogP contribution >= 0.6 is 0 Å². The molecule has 0 aliphatic rings. The molecule has 0 fully saturated rings. The second-order valence-electron chi connectivity index (χ2n) is 5.12. The molecule has 1 aromatic heterocycles. The number of rotatable bonds is 6. The molecule has 0 spiro atoms. The summed E-state index contributed by atoms with van der Waals surface area (Å²) in [4.78, 5) is 4.05. The van der Waals surface area contributed by atoms with Crippen molar-refractivity contribution in [3.63, 3.8) is 0 Å². The second-order valence-corrected chi connectivity index (χ2v) is 9.64. The SMILES string of the molecule is CCCC[Si](C)(Cn1cncn1)c1ccccc1. The Morgan fingerprint density at radius 1 is 1.22 bits per heavy atom. The summed E-state index contributed by atoms with van der Waals surface area (Å²) < 4.78 is 1.99. The summed E-state index contributed by atoms with van der Waals surface area (Å²) in [5.74, 6) is 0. The van der Waals surface area contributed by atoms with E-state index < -0.39 is 8.07 Å². The molecule has 0 saturated carbocycles. The van der Waals surface area contributed by atoms with Crippen molar-refractivity contribution in [3.8, 4) is 0 Å². The van der Waals surface area contributed by atoms with Crippen molar-refractivity contribution in [3.05, 3.63) is 43.0 Å². The zero-order valence-electron chi connectivity index (χ0n) is 11.2. The highest BCUT2D eigenvalue weighted by Gasteiger charge is 2.29. The van der Waals surface area contributed by atoms with E-state index in [0.29, 0.717) is 0 Å². The van der Waals surface area contributed by atoms with Crippen molar-refractivity contribution in [1.29, 1.82) is 0 Å². The Balaban J connectivity index is 2.22. The van der Waals surface area contributed by atoms with Crippen LogP contribution in [0.3, 0.4) is 0 Å². The van der Waals surface area contributed by atoms with Crippen LogP contribution < -0.4 is 5.19 Å². The van der Waals surface area contributed by atoms with E-state index >= 15 is 0 Å². The molecule has 18 heavy (non-hydrogen) atoms. The van der Waals surface area contributed by atoms with Gasteiger partial charge in [0.1, 0.15) is 20.7 Å². The van der Waals surface area contributed by atoms with Gasteiger partial charge in [0, 0.05) is 6.17 Å². The molecule has 0 N–H and O–H groups in total. The Morgan fingerprint density at radius 3 is 2.61 bits per heavy atom. The average molecular weight is 259 g/mol. The van der Waals surface area contributed by atoms with Gasteiger partial charge in [-0.25, -0.2) is 4.98 Å². The fourth-order valence-corrected chi connectivity index (χ4v) is 6.03. The molecule has 0 aliphatic heterocycles. The van der Waals surface area contributed by atoms with Gasteiger partial charge in [-0.15, -0.1) is 0 Å². The molecule has 1 heterocycles. The first-order valence-electron chi connectivity index (χ1n) is 6.62. The van der Waals surface area contributed by atoms with E-state index in [1.54, 1.807) is 6.33 Å². The average Bonchev–Trinajstić information content (AvgIpc) is 2.90. The predicted octanol–water partition coefficient (Wildman–Crippen LogP) is 2.60. The molecule has 2 rings (SSSR count). The summed E-state index contributed by atoms with van der Waals surface area (Å²) in [5.41, 5.74) is 0. The Hall–Kier alpha value is -1.42. The van der Waals surface area contributed by atoms with Crippen LogP contribution in [0.4, 0.5) is 0 Å². The molecule has 0 aliphatic carbocycles. The topological polar surface area (TPSA) is 30.7 Å². The van der Waals surface area contributed by atoms with Gasteiger partial charge in [-0.3, -0.25) is 4.68 Å². The molecule has 0 radical (unpaired) electrons. The first-order valence-corrected chi connectivity index (χ1v) is 9.54. The molecule has 0 bridgehead atoms. The molecule has 0 saturated heterocycles. The van der Waals surface area contributed by atoms with E-state index in [-0.39, 0.29) is 0 Å². The maximum absolute atomic E-state index is 4.28. The van der Waals surface area contributed by atoms with Crippen LogP contribution in [-0.4, -0.2) is 22.8 Å². The van der Waals surface area contributed by atoms with Crippen molar-refractivity contribution in [2.45, 2.75) is 38.5 Å². The molecular formula is C14H21N3Si. The number of benzene rings is 1. The minimum absolute atomic E-state index is 1.02. The lowest BCUT2D eigenvalue weighted by molar-refractivity contribution is 0.715. The summed E-state index contributed by atoms with van der Waals surface area (Å²) in [7, 11) is -1.49. The molecule has 1 aromatic carbocycles. The van der Waals surface area contributed by atoms with E-state index in [2.05, 4.69) is 53.9 Å². The second kappa shape index (κ2) is 5.95. The van der Waals surface area contributed by atoms with Crippen LogP contribution in [0, 0.1) is 0 Å². The maximum Gasteiger partial charge on any atom is 0.137 e. The van der Waals surface area contributed by atoms with Crippen LogP contribution in [-0.2, 0) is 6.17 Å². The van der Waals surface area contributed by atoms with Gasteiger partial charge in [0.2, 0.25) is 0 Å². The number of nitrogens with zero attached hydrogens (tertiary/aromatic N) is 3. The highest BCUT2D eigenvalue weighted by atomic mass is 28.3. The summed E-state index contributed by atoms with van der Waals surface area (Å²) in [5, 5.41) is 5.80. The van der Waals surface area contributed by atoms with Crippen molar-refractivity contribution >= 4 is 13.3 Å². The van der Waals surface area contributed by atoms with Crippen LogP contribution in [0.5, 0.6) is 0 Å². The van der Waals surface area contributed by atoms with Gasteiger partial charge in [0.05, 0.1) is 0 Å². The molecule has 1 atom stereocenters. The third-order valence-electron chi connectivity index (χ3n) is 3.53. The van der Waals surface area contributed by atoms with Crippen molar-refractivity contribution in [2.24, 2.45) is 0 Å². The first-order chi connectivity index (χ1) is 8.74. The minimum Gasteiger partial charge on any atom is -0.256 e. The smallest absolute Gasteiger partial charge is 0.137 e. The summed E-state index contributed by atoms with van der Waals surface area (Å²) in [6.07, 6.45) is 7.04. The number of hydrogen-bond acceptors (Lipinski definition) is 2. The fraction of sp³-hybridized carbons (Fsp3) is 0.429. The lowest BCUT2D eigenvalue weighted by Gasteiger charge is -2.27. The van der Waals surface area contributed by atoms with Crippen LogP contribution in [0.2, 0.25) is 12.6 Å². The van der Waals surface area contributed by atoms with Crippen LogP contribution in [0.25, 0.3) is 0 Å². The third-order valence-corrected chi connectivity index (χ3v) is 7.74. The molecule has 3 nitrogen and oxygen atoms in total. The highest BCUT2D eigenvalue weighted by molar-refractivity contribution is 6.89. The fourth-order valence-electron chi connectivity index (χ4n) is 2.39. The normalized spacial score (nSPS) is 14.3.